The number of rotatable bonds is 3. The maximum Gasteiger partial charge on any atom is 0.122 e. The Kier molecular flexibility index (Phi) is 6.03. The van der Waals surface area contributed by atoms with Crippen LogP contribution >= 0.6 is 0 Å². The van der Waals surface area contributed by atoms with E-state index in [2.05, 4.69) is 24.9 Å². The monoisotopic (exact) mass is 208 g/mol. The van der Waals surface area contributed by atoms with Crippen LogP contribution < -0.4 is 0 Å². The van der Waals surface area contributed by atoms with E-state index in [1.165, 1.54) is 44.9 Å². The van der Waals surface area contributed by atoms with Crippen molar-refractivity contribution in [3.8, 4) is 11.5 Å². The molecule has 0 aromatic heterocycles. The molecule has 0 aliphatic heterocycles. The summed E-state index contributed by atoms with van der Waals surface area (Å²) in [6, 6.07) is 0. The summed E-state index contributed by atoms with van der Waals surface area (Å²) in [6.07, 6.45) is 11.1. The third-order valence-corrected chi connectivity index (χ3v) is 6.08. The summed E-state index contributed by atoms with van der Waals surface area (Å²) in [5, 5.41) is 0. The van der Waals surface area contributed by atoms with Crippen LogP contribution in [-0.2, 0) is 0 Å². The van der Waals surface area contributed by atoms with Crippen LogP contribution in [0.4, 0.5) is 0 Å². The van der Waals surface area contributed by atoms with Gasteiger partial charge in [-0.05, 0) is 12.0 Å². The minimum absolute atomic E-state index is 0.687. The van der Waals surface area contributed by atoms with Gasteiger partial charge in [0.25, 0.3) is 0 Å². The van der Waals surface area contributed by atoms with Gasteiger partial charge in [0, 0.05) is 6.42 Å². The van der Waals surface area contributed by atoms with E-state index in [-0.39, 0.29) is 0 Å². The van der Waals surface area contributed by atoms with Crippen molar-refractivity contribution in [3.05, 3.63) is 0 Å². The molecular formula is C13H24Si. The zero-order chi connectivity index (χ0) is 10.2. The minimum atomic E-state index is -0.687. The van der Waals surface area contributed by atoms with E-state index in [1.54, 1.807) is 0 Å². The molecule has 0 spiro atoms. The van der Waals surface area contributed by atoms with Crippen LogP contribution in [0.15, 0.2) is 0 Å². The van der Waals surface area contributed by atoms with Gasteiger partial charge in [-0.25, -0.2) is 0 Å². The summed E-state index contributed by atoms with van der Waals surface area (Å²) in [6.45, 7) is 4.69. The smallest absolute Gasteiger partial charge is 0.122 e. The molecule has 1 atom stereocenters. The summed E-state index contributed by atoms with van der Waals surface area (Å²) >= 11 is 0. The summed E-state index contributed by atoms with van der Waals surface area (Å²) in [7, 11) is -0.687. The lowest BCUT2D eigenvalue weighted by molar-refractivity contribution is 0.499. The first-order valence-corrected chi connectivity index (χ1v) is 8.73. The lowest BCUT2D eigenvalue weighted by atomic mass is 10.0. The van der Waals surface area contributed by atoms with Crippen molar-refractivity contribution in [1.29, 1.82) is 0 Å². The van der Waals surface area contributed by atoms with Gasteiger partial charge in [0.2, 0.25) is 0 Å². The molecule has 0 aromatic rings. The normalized spacial score (nSPS) is 19.9. The SMILES string of the molecule is CCCCC#C[SiH](C)C1CCCCC1. The Labute approximate surface area is 91.1 Å². The predicted molar refractivity (Wildman–Crippen MR) is 67.1 cm³/mol. The zero-order valence-electron chi connectivity index (χ0n) is 9.81. The minimum Gasteiger partial charge on any atom is -0.135 e. The molecule has 0 radical (unpaired) electrons. The molecule has 0 saturated heterocycles. The van der Waals surface area contributed by atoms with Gasteiger partial charge in [-0.1, -0.05) is 52.0 Å². The fourth-order valence-electron chi connectivity index (χ4n) is 2.25. The zero-order valence-corrected chi connectivity index (χ0v) is 11.0. The van der Waals surface area contributed by atoms with Gasteiger partial charge in [-0.3, -0.25) is 0 Å². The van der Waals surface area contributed by atoms with Crippen molar-refractivity contribution in [2.45, 2.75) is 70.4 Å². The highest BCUT2D eigenvalue weighted by molar-refractivity contribution is 6.67. The van der Waals surface area contributed by atoms with Gasteiger partial charge in [-0.15, -0.1) is 11.5 Å². The Morgan fingerprint density at radius 3 is 2.57 bits per heavy atom. The van der Waals surface area contributed by atoms with E-state index >= 15 is 0 Å². The van der Waals surface area contributed by atoms with E-state index in [9.17, 15) is 0 Å². The van der Waals surface area contributed by atoms with Gasteiger partial charge < -0.3 is 0 Å². The molecular weight excluding hydrogens is 184 g/mol. The molecule has 0 amide bonds. The Bertz CT molecular complexity index is 193. The van der Waals surface area contributed by atoms with Crippen LogP contribution in [-0.4, -0.2) is 8.80 Å². The van der Waals surface area contributed by atoms with E-state index < -0.39 is 8.80 Å². The van der Waals surface area contributed by atoms with Crippen molar-refractivity contribution in [1.82, 2.24) is 0 Å². The van der Waals surface area contributed by atoms with E-state index in [0.29, 0.717) is 0 Å². The molecule has 0 heterocycles. The Balaban J connectivity index is 2.23. The lowest BCUT2D eigenvalue weighted by Gasteiger charge is -2.23. The molecule has 0 bridgehead atoms. The largest absolute Gasteiger partial charge is 0.135 e. The maximum atomic E-state index is 3.58. The van der Waals surface area contributed by atoms with Crippen molar-refractivity contribution in [2.24, 2.45) is 0 Å². The Hall–Kier alpha value is -0.223. The fourth-order valence-corrected chi connectivity index (χ4v) is 4.42. The highest BCUT2D eigenvalue weighted by atomic mass is 28.3. The second-order valence-corrected chi connectivity index (χ2v) is 7.42. The van der Waals surface area contributed by atoms with Crippen molar-refractivity contribution >= 4 is 8.80 Å². The van der Waals surface area contributed by atoms with Crippen molar-refractivity contribution < 1.29 is 0 Å². The highest BCUT2D eigenvalue weighted by Gasteiger charge is 2.19. The standard InChI is InChI=1S/C13H24Si/c1-3-4-5-9-12-14(2)13-10-7-6-8-11-13/h13-14H,3-8,10-11H2,1-2H3. The summed E-state index contributed by atoms with van der Waals surface area (Å²) in [4.78, 5) is 0. The highest BCUT2D eigenvalue weighted by Crippen LogP contribution is 2.30. The third-order valence-electron chi connectivity index (χ3n) is 3.34. The fraction of sp³-hybridized carbons (Fsp3) is 0.846. The Morgan fingerprint density at radius 2 is 1.93 bits per heavy atom. The van der Waals surface area contributed by atoms with Crippen LogP contribution in [0.1, 0.15) is 58.3 Å². The second kappa shape index (κ2) is 7.12. The molecule has 0 nitrogen and oxygen atoms in total. The van der Waals surface area contributed by atoms with Crippen molar-refractivity contribution in [2.75, 3.05) is 0 Å². The van der Waals surface area contributed by atoms with Crippen LogP contribution in [0.5, 0.6) is 0 Å². The predicted octanol–water partition coefficient (Wildman–Crippen LogP) is 3.91. The number of hydrogen-bond acceptors (Lipinski definition) is 0. The van der Waals surface area contributed by atoms with Gasteiger partial charge in [0.1, 0.15) is 8.80 Å². The molecule has 1 saturated carbocycles. The summed E-state index contributed by atoms with van der Waals surface area (Å²) in [5.74, 6) is 3.40. The van der Waals surface area contributed by atoms with E-state index in [0.717, 1.165) is 12.0 Å². The topological polar surface area (TPSA) is 0 Å². The van der Waals surface area contributed by atoms with Crippen LogP contribution in [0.3, 0.4) is 0 Å². The van der Waals surface area contributed by atoms with Crippen molar-refractivity contribution in [3.63, 3.8) is 0 Å². The molecule has 14 heavy (non-hydrogen) atoms. The van der Waals surface area contributed by atoms with Gasteiger partial charge in [0.05, 0.1) is 0 Å². The molecule has 1 aliphatic carbocycles. The third kappa shape index (κ3) is 4.33. The first-order valence-electron chi connectivity index (χ1n) is 6.33. The maximum absolute atomic E-state index is 3.58. The lowest BCUT2D eigenvalue weighted by Crippen LogP contribution is -2.17. The van der Waals surface area contributed by atoms with Gasteiger partial charge >= 0.3 is 0 Å². The first kappa shape index (κ1) is 11.8. The molecule has 1 unspecified atom stereocenters. The van der Waals surface area contributed by atoms with Gasteiger partial charge in [-0.2, -0.15) is 0 Å². The average Bonchev–Trinajstić information content (AvgIpc) is 2.25. The molecule has 1 aliphatic rings. The Morgan fingerprint density at radius 1 is 1.21 bits per heavy atom. The van der Waals surface area contributed by atoms with Crippen LogP contribution in [0.2, 0.25) is 12.1 Å². The molecule has 0 aromatic carbocycles. The first-order chi connectivity index (χ1) is 6.84. The second-order valence-electron chi connectivity index (χ2n) is 4.61. The summed E-state index contributed by atoms with van der Waals surface area (Å²) in [5.41, 5.74) is 4.62. The van der Waals surface area contributed by atoms with Crippen LogP contribution in [0, 0.1) is 11.5 Å². The number of unbranched alkanes of at least 4 members (excludes halogenated alkanes) is 2. The van der Waals surface area contributed by atoms with E-state index in [1.807, 2.05) is 0 Å². The molecule has 1 fully saturated rings. The molecule has 1 heteroatoms. The quantitative estimate of drug-likeness (QED) is 0.375. The molecule has 1 rings (SSSR count). The van der Waals surface area contributed by atoms with E-state index in [4.69, 9.17) is 0 Å². The van der Waals surface area contributed by atoms with Gasteiger partial charge in [0.15, 0.2) is 0 Å². The molecule has 80 valence electrons. The molecule has 0 N–H and O–H groups in total. The average molecular weight is 208 g/mol. The number of hydrogen-bond donors (Lipinski definition) is 0. The van der Waals surface area contributed by atoms with Crippen LogP contribution in [0.25, 0.3) is 0 Å². The summed E-state index contributed by atoms with van der Waals surface area (Å²) < 4.78 is 0.